The summed E-state index contributed by atoms with van der Waals surface area (Å²) in [4.78, 5) is 12.2. The molecule has 1 aromatic heterocycles. The van der Waals surface area contributed by atoms with Crippen molar-refractivity contribution >= 4 is 5.97 Å². The Bertz CT molecular complexity index is 472. The lowest BCUT2D eigenvalue weighted by molar-refractivity contribution is -0.145. The van der Waals surface area contributed by atoms with Crippen molar-refractivity contribution in [2.75, 3.05) is 13.2 Å². The van der Waals surface area contributed by atoms with E-state index in [0.29, 0.717) is 13.2 Å². The zero-order chi connectivity index (χ0) is 15.3. The first-order valence-electron chi connectivity index (χ1n) is 6.86. The highest BCUT2D eigenvalue weighted by Gasteiger charge is 2.30. The molecular weight excluding hydrogens is 254 g/mol. The normalized spacial score (nSPS) is 13.1. The van der Waals surface area contributed by atoms with Gasteiger partial charge in [0.1, 0.15) is 6.04 Å². The number of rotatable bonds is 6. The Labute approximate surface area is 121 Å². The van der Waals surface area contributed by atoms with E-state index in [1.807, 2.05) is 13.2 Å². The van der Waals surface area contributed by atoms with Crippen molar-refractivity contribution in [2.24, 2.45) is 7.05 Å². The van der Waals surface area contributed by atoms with Crippen LogP contribution >= 0.6 is 0 Å². The molecule has 1 rings (SSSR count). The molecule has 1 N–H and O–H groups in total. The number of carbonyl (C=O) groups excluding carboxylic acids is 1. The van der Waals surface area contributed by atoms with Crippen molar-refractivity contribution < 1.29 is 9.53 Å². The molecule has 0 fully saturated rings. The van der Waals surface area contributed by atoms with E-state index in [9.17, 15) is 4.79 Å². The summed E-state index contributed by atoms with van der Waals surface area (Å²) in [5, 5.41) is 7.65. The van der Waals surface area contributed by atoms with Crippen LogP contribution in [0.5, 0.6) is 0 Å². The van der Waals surface area contributed by atoms with Gasteiger partial charge in [0.15, 0.2) is 0 Å². The van der Waals surface area contributed by atoms with Crippen LogP contribution in [0.15, 0.2) is 18.9 Å². The van der Waals surface area contributed by atoms with Crippen LogP contribution in [0.3, 0.4) is 0 Å². The monoisotopic (exact) mass is 279 g/mol. The van der Waals surface area contributed by atoms with Gasteiger partial charge in [0.25, 0.3) is 0 Å². The Kier molecular flexibility index (Phi) is 5.51. The molecule has 20 heavy (non-hydrogen) atoms. The molecule has 0 aromatic carbocycles. The van der Waals surface area contributed by atoms with Gasteiger partial charge in [-0.15, -0.1) is 6.58 Å². The van der Waals surface area contributed by atoms with E-state index >= 15 is 0 Å². The third-order valence-corrected chi connectivity index (χ3v) is 2.87. The van der Waals surface area contributed by atoms with Gasteiger partial charge in [-0.05, 0) is 6.92 Å². The maximum absolute atomic E-state index is 12.2. The summed E-state index contributed by atoms with van der Waals surface area (Å²) in [6.45, 7) is 12.6. The summed E-state index contributed by atoms with van der Waals surface area (Å²) >= 11 is 0. The molecule has 1 heterocycles. The summed E-state index contributed by atoms with van der Waals surface area (Å²) in [6.07, 6.45) is 3.59. The number of aromatic nitrogens is 2. The fourth-order valence-corrected chi connectivity index (χ4v) is 2.05. The zero-order valence-electron chi connectivity index (χ0n) is 13.1. The molecule has 112 valence electrons. The van der Waals surface area contributed by atoms with Gasteiger partial charge in [-0.2, -0.15) is 5.10 Å². The molecule has 0 aliphatic carbocycles. The van der Waals surface area contributed by atoms with Crippen LogP contribution < -0.4 is 5.32 Å². The number of nitrogens with one attached hydrogen (secondary N) is 1. The van der Waals surface area contributed by atoms with E-state index in [2.05, 4.69) is 37.8 Å². The molecule has 0 aliphatic heterocycles. The standard InChI is InChI=1S/C15H25N3O2/c1-7-9-16-12(14(19)20-8-2)11-10-18(6)17-13(11)15(3,4)5/h7,10,12,16H,1,8-9H2,2-6H3. The first kappa shape index (κ1) is 16.4. The molecule has 0 radical (unpaired) electrons. The van der Waals surface area contributed by atoms with Gasteiger partial charge in [-0.1, -0.05) is 26.8 Å². The maximum Gasteiger partial charge on any atom is 0.327 e. The van der Waals surface area contributed by atoms with E-state index < -0.39 is 6.04 Å². The van der Waals surface area contributed by atoms with Gasteiger partial charge in [0.05, 0.1) is 12.3 Å². The molecule has 0 amide bonds. The molecular formula is C15H25N3O2. The van der Waals surface area contributed by atoms with Crippen LogP contribution in [-0.2, 0) is 22.0 Å². The summed E-state index contributed by atoms with van der Waals surface area (Å²) in [5.74, 6) is -0.284. The zero-order valence-corrected chi connectivity index (χ0v) is 13.1. The lowest BCUT2D eigenvalue weighted by Crippen LogP contribution is -2.32. The van der Waals surface area contributed by atoms with Crippen molar-refractivity contribution in [3.8, 4) is 0 Å². The minimum atomic E-state index is -0.518. The summed E-state index contributed by atoms with van der Waals surface area (Å²) in [7, 11) is 1.86. The second-order valence-electron chi connectivity index (χ2n) is 5.74. The molecule has 5 nitrogen and oxygen atoms in total. The molecule has 0 bridgehead atoms. The van der Waals surface area contributed by atoms with Crippen LogP contribution in [0, 0.1) is 0 Å². The fourth-order valence-electron chi connectivity index (χ4n) is 2.05. The minimum Gasteiger partial charge on any atom is -0.465 e. The van der Waals surface area contributed by atoms with Crippen LogP contribution in [0.25, 0.3) is 0 Å². The lowest BCUT2D eigenvalue weighted by atomic mass is 9.87. The van der Waals surface area contributed by atoms with Crippen LogP contribution in [0.2, 0.25) is 0 Å². The van der Waals surface area contributed by atoms with Crippen LogP contribution in [0.1, 0.15) is 45.0 Å². The second kappa shape index (κ2) is 6.70. The Morgan fingerprint density at radius 1 is 1.60 bits per heavy atom. The number of esters is 1. The van der Waals surface area contributed by atoms with Gasteiger partial charge in [-0.25, -0.2) is 4.79 Å². The molecule has 1 unspecified atom stereocenters. The van der Waals surface area contributed by atoms with E-state index in [-0.39, 0.29) is 11.4 Å². The Hall–Kier alpha value is -1.62. The van der Waals surface area contributed by atoms with Crippen molar-refractivity contribution in [2.45, 2.75) is 39.2 Å². The van der Waals surface area contributed by atoms with Crippen LogP contribution in [-0.4, -0.2) is 28.9 Å². The van der Waals surface area contributed by atoms with Crippen molar-refractivity contribution in [1.29, 1.82) is 0 Å². The Balaban J connectivity index is 3.19. The molecule has 1 aromatic rings. The predicted octanol–water partition coefficient (Wildman–Crippen LogP) is 2.10. The number of hydrogen-bond acceptors (Lipinski definition) is 4. The van der Waals surface area contributed by atoms with Crippen molar-refractivity contribution in [3.05, 3.63) is 30.1 Å². The SMILES string of the molecule is C=CCNC(C(=O)OCC)c1cn(C)nc1C(C)(C)C. The number of nitrogens with zero attached hydrogens (tertiary/aromatic N) is 2. The van der Waals surface area contributed by atoms with Gasteiger partial charge in [0.2, 0.25) is 0 Å². The molecule has 5 heteroatoms. The second-order valence-corrected chi connectivity index (χ2v) is 5.74. The van der Waals surface area contributed by atoms with Gasteiger partial charge >= 0.3 is 5.97 Å². The summed E-state index contributed by atoms with van der Waals surface area (Å²) in [6, 6.07) is -0.518. The predicted molar refractivity (Wildman–Crippen MR) is 79.5 cm³/mol. The molecule has 0 aliphatic rings. The van der Waals surface area contributed by atoms with Gasteiger partial charge < -0.3 is 4.74 Å². The van der Waals surface area contributed by atoms with Gasteiger partial charge in [0, 0.05) is 30.8 Å². The van der Waals surface area contributed by atoms with E-state index in [4.69, 9.17) is 4.74 Å². The Morgan fingerprint density at radius 3 is 2.75 bits per heavy atom. The van der Waals surface area contributed by atoms with E-state index in [1.165, 1.54) is 0 Å². The highest BCUT2D eigenvalue weighted by Crippen LogP contribution is 2.29. The number of aryl methyl sites for hydroxylation is 1. The van der Waals surface area contributed by atoms with Crippen LogP contribution in [0.4, 0.5) is 0 Å². The highest BCUT2D eigenvalue weighted by atomic mass is 16.5. The quantitative estimate of drug-likeness (QED) is 0.640. The first-order valence-corrected chi connectivity index (χ1v) is 6.86. The number of carbonyl (C=O) groups is 1. The molecule has 0 spiro atoms. The van der Waals surface area contributed by atoms with E-state index in [1.54, 1.807) is 17.7 Å². The Morgan fingerprint density at radius 2 is 2.25 bits per heavy atom. The topological polar surface area (TPSA) is 56.1 Å². The number of ether oxygens (including phenoxy) is 1. The summed E-state index contributed by atoms with van der Waals surface area (Å²) < 4.78 is 6.89. The van der Waals surface area contributed by atoms with Crippen molar-refractivity contribution in [1.82, 2.24) is 15.1 Å². The third kappa shape index (κ3) is 3.93. The fraction of sp³-hybridized carbons (Fsp3) is 0.600. The summed E-state index contributed by atoms with van der Waals surface area (Å²) in [5.41, 5.74) is 1.62. The minimum absolute atomic E-state index is 0.142. The first-order chi connectivity index (χ1) is 9.31. The average molecular weight is 279 g/mol. The maximum atomic E-state index is 12.2. The van der Waals surface area contributed by atoms with E-state index in [0.717, 1.165) is 11.3 Å². The average Bonchev–Trinajstić information content (AvgIpc) is 2.72. The highest BCUT2D eigenvalue weighted by molar-refractivity contribution is 5.78. The molecule has 0 saturated carbocycles. The smallest absolute Gasteiger partial charge is 0.327 e. The molecule has 1 atom stereocenters. The lowest BCUT2D eigenvalue weighted by Gasteiger charge is -2.22. The van der Waals surface area contributed by atoms with Crippen molar-refractivity contribution in [3.63, 3.8) is 0 Å². The molecule has 0 saturated heterocycles. The third-order valence-electron chi connectivity index (χ3n) is 2.87. The number of hydrogen-bond donors (Lipinski definition) is 1. The van der Waals surface area contributed by atoms with Gasteiger partial charge in [-0.3, -0.25) is 10.00 Å². The largest absolute Gasteiger partial charge is 0.465 e.